The van der Waals surface area contributed by atoms with Crippen LogP contribution in [0.5, 0.6) is 0 Å². The lowest BCUT2D eigenvalue weighted by Crippen LogP contribution is -2.55. The molecule has 108 valence electrons. The average Bonchev–Trinajstić information content (AvgIpc) is 2.93. The fourth-order valence-corrected chi connectivity index (χ4v) is 3.05. The van der Waals surface area contributed by atoms with Crippen LogP contribution >= 0.6 is 0 Å². The third-order valence-electron chi connectivity index (χ3n) is 4.51. The number of nitrogens with zero attached hydrogens (tertiary/aromatic N) is 2. The highest BCUT2D eigenvalue weighted by Crippen LogP contribution is 2.29. The summed E-state index contributed by atoms with van der Waals surface area (Å²) in [7, 11) is 2.06. The maximum Gasteiger partial charge on any atom is 0.329 e. The van der Waals surface area contributed by atoms with E-state index in [1.54, 1.807) is 6.92 Å². The molecule has 0 bridgehead atoms. The van der Waals surface area contributed by atoms with Gasteiger partial charge in [-0.1, -0.05) is 0 Å². The van der Waals surface area contributed by atoms with Crippen LogP contribution in [0.15, 0.2) is 0 Å². The Hall–Kier alpha value is -1.30. The second-order valence-corrected chi connectivity index (χ2v) is 5.80. The van der Waals surface area contributed by atoms with Crippen molar-refractivity contribution < 1.29 is 14.7 Å². The van der Waals surface area contributed by atoms with Gasteiger partial charge in [0.05, 0.1) is 0 Å². The molecule has 2 atom stereocenters. The van der Waals surface area contributed by atoms with E-state index < -0.39 is 11.5 Å². The van der Waals surface area contributed by atoms with Crippen LogP contribution in [-0.4, -0.2) is 65.2 Å². The first kappa shape index (κ1) is 14.1. The Morgan fingerprint density at radius 3 is 2.68 bits per heavy atom. The van der Waals surface area contributed by atoms with Crippen molar-refractivity contribution in [3.05, 3.63) is 0 Å². The van der Waals surface area contributed by atoms with Gasteiger partial charge in [0.1, 0.15) is 5.54 Å². The van der Waals surface area contributed by atoms with Crippen LogP contribution < -0.4 is 5.32 Å². The Bertz CT molecular complexity index is 374. The van der Waals surface area contributed by atoms with Gasteiger partial charge in [-0.3, -0.25) is 0 Å². The van der Waals surface area contributed by atoms with E-state index in [0.29, 0.717) is 25.6 Å². The van der Waals surface area contributed by atoms with E-state index in [-0.39, 0.29) is 6.03 Å². The zero-order chi connectivity index (χ0) is 14.0. The van der Waals surface area contributed by atoms with E-state index in [0.717, 1.165) is 25.8 Å². The van der Waals surface area contributed by atoms with Gasteiger partial charge in [0.25, 0.3) is 0 Å². The minimum atomic E-state index is -1.05. The highest BCUT2D eigenvalue weighted by Gasteiger charge is 2.46. The molecule has 2 aliphatic heterocycles. The molecule has 0 aromatic carbocycles. The summed E-state index contributed by atoms with van der Waals surface area (Å²) < 4.78 is 0. The van der Waals surface area contributed by atoms with E-state index in [1.165, 1.54) is 4.90 Å². The number of urea groups is 1. The van der Waals surface area contributed by atoms with Gasteiger partial charge in [-0.15, -0.1) is 0 Å². The Kier molecular flexibility index (Phi) is 3.99. The Labute approximate surface area is 113 Å². The lowest BCUT2D eigenvalue weighted by atomic mass is 10.00. The number of likely N-dealkylation sites (N-methyl/N-ethyl adjacent to an activating group) is 1. The van der Waals surface area contributed by atoms with Gasteiger partial charge in [-0.05, 0) is 46.2 Å². The SMILES string of the molecule is CN1CCCC1CNC(=O)N1CCCC1(C)C(=O)O. The highest BCUT2D eigenvalue weighted by molar-refractivity contribution is 5.86. The van der Waals surface area contributed by atoms with Gasteiger partial charge < -0.3 is 20.2 Å². The number of carboxylic acids is 1. The molecule has 0 aromatic rings. The Balaban J connectivity index is 1.91. The third kappa shape index (κ3) is 2.68. The van der Waals surface area contributed by atoms with Crippen LogP contribution in [0.3, 0.4) is 0 Å². The van der Waals surface area contributed by atoms with Crippen molar-refractivity contribution in [1.29, 1.82) is 0 Å². The van der Waals surface area contributed by atoms with Crippen LogP contribution in [0.25, 0.3) is 0 Å². The molecule has 0 aromatic heterocycles. The third-order valence-corrected chi connectivity index (χ3v) is 4.51. The zero-order valence-corrected chi connectivity index (χ0v) is 11.7. The van der Waals surface area contributed by atoms with Crippen LogP contribution in [0.1, 0.15) is 32.6 Å². The summed E-state index contributed by atoms with van der Waals surface area (Å²) in [6, 6.07) is 0.130. The summed E-state index contributed by atoms with van der Waals surface area (Å²) in [4.78, 5) is 27.2. The number of rotatable bonds is 3. The highest BCUT2D eigenvalue weighted by atomic mass is 16.4. The fourth-order valence-electron chi connectivity index (χ4n) is 3.05. The summed E-state index contributed by atoms with van der Waals surface area (Å²) in [6.45, 7) is 3.82. The van der Waals surface area contributed by atoms with Crippen molar-refractivity contribution in [2.24, 2.45) is 0 Å². The van der Waals surface area contributed by atoms with E-state index in [4.69, 9.17) is 0 Å². The van der Waals surface area contributed by atoms with Crippen molar-refractivity contribution in [2.45, 2.75) is 44.2 Å². The lowest BCUT2D eigenvalue weighted by Gasteiger charge is -2.32. The molecule has 0 saturated carbocycles. The maximum atomic E-state index is 12.2. The zero-order valence-electron chi connectivity index (χ0n) is 11.7. The standard InChI is InChI=1S/C13H23N3O3/c1-13(11(17)18)6-4-8-16(13)12(19)14-9-10-5-3-7-15(10)2/h10H,3-9H2,1-2H3,(H,14,19)(H,17,18). The number of carbonyl (C=O) groups is 2. The van der Waals surface area contributed by atoms with E-state index in [2.05, 4.69) is 17.3 Å². The van der Waals surface area contributed by atoms with E-state index >= 15 is 0 Å². The number of likely N-dealkylation sites (tertiary alicyclic amines) is 2. The van der Waals surface area contributed by atoms with Crippen LogP contribution in [0, 0.1) is 0 Å². The Morgan fingerprint density at radius 2 is 2.11 bits per heavy atom. The molecule has 2 heterocycles. The predicted molar refractivity (Wildman–Crippen MR) is 71.0 cm³/mol. The predicted octanol–water partition coefficient (Wildman–Crippen LogP) is 0.729. The first-order valence-corrected chi connectivity index (χ1v) is 6.94. The molecule has 0 radical (unpaired) electrons. The smallest absolute Gasteiger partial charge is 0.329 e. The van der Waals surface area contributed by atoms with E-state index in [1.807, 2.05) is 0 Å². The topological polar surface area (TPSA) is 72.9 Å². The molecule has 0 spiro atoms. The fraction of sp³-hybridized carbons (Fsp3) is 0.846. The monoisotopic (exact) mass is 269 g/mol. The summed E-state index contributed by atoms with van der Waals surface area (Å²) in [5.41, 5.74) is -1.05. The van der Waals surface area contributed by atoms with Crippen molar-refractivity contribution in [3.63, 3.8) is 0 Å². The van der Waals surface area contributed by atoms with Crippen LogP contribution in [-0.2, 0) is 4.79 Å². The normalized spacial score (nSPS) is 31.7. The number of nitrogens with one attached hydrogen (secondary N) is 1. The quantitative estimate of drug-likeness (QED) is 0.792. The molecule has 2 N–H and O–H groups in total. The van der Waals surface area contributed by atoms with Gasteiger partial charge in [0, 0.05) is 19.1 Å². The molecule has 2 aliphatic rings. The number of carbonyl (C=O) groups excluding carboxylic acids is 1. The number of carboxylic acid groups (broad SMARTS) is 1. The van der Waals surface area contributed by atoms with Crippen molar-refractivity contribution in [1.82, 2.24) is 15.1 Å². The van der Waals surface area contributed by atoms with Gasteiger partial charge in [0.15, 0.2) is 0 Å². The number of aliphatic carboxylic acids is 1. The second kappa shape index (κ2) is 5.36. The van der Waals surface area contributed by atoms with Crippen LogP contribution in [0.4, 0.5) is 4.79 Å². The van der Waals surface area contributed by atoms with Gasteiger partial charge in [-0.25, -0.2) is 9.59 Å². The van der Waals surface area contributed by atoms with Crippen molar-refractivity contribution in [3.8, 4) is 0 Å². The molecule has 2 rings (SSSR count). The Morgan fingerprint density at radius 1 is 1.37 bits per heavy atom. The number of amides is 2. The summed E-state index contributed by atoms with van der Waals surface area (Å²) in [5.74, 6) is -0.918. The average molecular weight is 269 g/mol. The van der Waals surface area contributed by atoms with Crippen molar-refractivity contribution in [2.75, 3.05) is 26.7 Å². The van der Waals surface area contributed by atoms with Gasteiger partial charge in [0.2, 0.25) is 0 Å². The number of hydrogen-bond donors (Lipinski definition) is 2. The minimum Gasteiger partial charge on any atom is -0.480 e. The summed E-state index contributed by atoms with van der Waals surface area (Å²) in [6.07, 6.45) is 3.53. The largest absolute Gasteiger partial charge is 0.480 e. The molecular formula is C13H23N3O3. The molecule has 2 unspecified atom stereocenters. The summed E-state index contributed by atoms with van der Waals surface area (Å²) >= 11 is 0. The molecule has 2 amide bonds. The molecule has 2 fully saturated rings. The van der Waals surface area contributed by atoms with Crippen molar-refractivity contribution >= 4 is 12.0 Å². The minimum absolute atomic E-state index is 0.247. The molecular weight excluding hydrogens is 246 g/mol. The molecule has 6 nitrogen and oxygen atoms in total. The summed E-state index contributed by atoms with van der Waals surface area (Å²) in [5, 5.41) is 12.2. The van der Waals surface area contributed by atoms with Gasteiger partial charge >= 0.3 is 12.0 Å². The first-order chi connectivity index (χ1) is 8.95. The first-order valence-electron chi connectivity index (χ1n) is 6.94. The lowest BCUT2D eigenvalue weighted by molar-refractivity contribution is -0.147. The molecule has 6 heteroatoms. The van der Waals surface area contributed by atoms with Gasteiger partial charge in [-0.2, -0.15) is 0 Å². The number of hydrogen-bond acceptors (Lipinski definition) is 3. The van der Waals surface area contributed by atoms with E-state index in [9.17, 15) is 14.7 Å². The van der Waals surface area contributed by atoms with Crippen LogP contribution in [0.2, 0.25) is 0 Å². The molecule has 0 aliphatic carbocycles. The maximum absolute atomic E-state index is 12.2. The second-order valence-electron chi connectivity index (χ2n) is 5.80. The molecule has 19 heavy (non-hydrogen) atoms. The molecule has 2 saturated heterocycles.